The standard InChI is InChI=1S/C21H29N3O4/c1-6-22-21(23-13-15-10-11-17(25-2)19(12-15)27-4)24-14-16-8-7-9-18(26-3)20(16)28-5/h7-12H,6,13-14H2,1-5H3,(H2,22,23,24). The van der Waals surface area contributed by atoms with E-state index in [-0.39, 0.29) is 0 Å². The summed E-state index contributed by atoms with van der Waals surface area (Å²) in [6, 6.07) is 11.6. The van der Waals surface area contributed by atoms with Gasteiger partial charge in [-0.1, -0.05) is 18.2 Å². The lowest BCUT2D eigenvalue weighted by molar-refractivity contribution is 0.351. The topological polar surface area (TPSA) is 73.3 Å². The molecule has 7 heteroatoms. The van der Waals surface area contributed by atoms with Crippen LogP contribution in [-0.2, 0) is 13.1 Å². The molecule has 152 valence electrons. The molecule has 0 aromatic heterocycles. The highest BCUT2D eigenvalue weighted by Gasteiger charge is 2.10. The number of aliphatic imine (C=N–C) groups is 1. The van der Waals surface area contributed by atoms with Crippen LogP contribution >= 0.6 is 0 Å². The van der Waals surface area contributed by atoms with Crippen LogP contribution in [0, 0.1) is 0 Å². The van der Waals surface area contributed by atoms with Crippen molar-refractivity contribution in [3.05, 3.63) is 47.5 Å². The fourth-order valence-electron chi connectivity index (χ4n) is 2.76. The molecule has 0 bridgehead atoms. The quantitative estimate of drug-likeness (QED) is 0.509. The van der Waals surface area contributed by atoms with Crippen LogP contribution in [0.1, 0.15) is 18.1 Å². The van der Waals surface area contributed by atoms with E-state index < -0.39 is 0 Å². The number of para-hydroxylation sites is 1. The van der Waals surface area contributed by atoms with Gasteiger partial charge in [0.15, 0.2) is 29.0 Å². The fraction of sp³-hybridized carbons (Fsp3) is 0.381. The third-order valence-corrected chi connectivity index (χ3v) is 4.14. The van der Waals surface area contributed by atoms with Crippen LogP contribution in [0.3, 0.4) is 0 Å². The second kappa shape index (κ2) is 10.9. The molecule has 0 saturated carbocycles. The van der Waals surface area contributed by atoms with Gasteiger partial charge in [0.1, 0.15) is 0 Å². The number of ether oxygens (including phenoxy) is 4. The Bertz CT molecular complexity index is 793. The van der Waals surface area contributed by atoms with Crippen molar-refractivity contribution in [1.82, 2.24) is 10.6 Å². The van der Waals surface area contributed by atoms with Crippen LogP contribution in [0.5, 0.6) is 23.0 Å². The number of nitrogens with zero attached hydrogens (tertiary/aromatic N) is 1. The summed E-state index contributed by atoms with van der Waals surface area (Å²) >= 11 is 0. The Morgan fingerprint density at radius 3 is 2.25 bits per heavy atom. The van der Waals surface area contributed by atoms with Gasteiger partial charge in [0.25, 0.3) is 0 Å². The molecule has 0 aliphatic heterocycles. The summed E-state index contributed by atoms with van der Waals surface area (Å²) in [7, 11) is 6.51. The number of rotatable bonds is 9. The van der Waals surface area contributed by atoms with E-state index in [0.717, 1.165) is 17.7 Å². The molecular formula is C21H29N3O4. The minimum Gasteiger partial charge on any atom is -0.493 e. The molecule has 0 aliphatic carbocycles. The summed E-state index contributed by atoms with van der Waals surface area (Å²) in [5.74, 6) is 3.52. The monoisotopic (exact) mass is 387 g/mol. The fourth-order valence-corrected chi connectivity index (χ4v) is 2.76. The lowest BCUT2D eigenvalue weighted by atomic mass is 10.2. The molecule has 7 nitrogen and oxygen atoms in total. The Balaban J connectivity index is 2.11. The zero-order valence-electron chi connectivity index (χ0n) is 17.2. The zero-order valence-corrected chi connectivity index (χ0v) is 17.2. The second-order valence-corrected chi connectivity index (χ2v) is 5.89. The van der Waals surface area contributed by atoms with Crippen LogP contribution in [-0.4, -0.2) is 40.9 Å². The first-order chi connectivity index (χ1) is 13.7. The molecule has 2 N–H and O–H groups in total. The largest absolute Gasteiger partial charge is 0.493 e. The van der Waals surface area contributed by atoms with E-state index in [9.17, 15) is 0 Å². The summed E-state index contributed by atoms with van der Waals surface area (Å²) in [6.07, 6.45) is 0. The van der Waals surface area contributed by atoms with Gasteiger partial charge in [0, 0.05) is 18.7 Å². The Hall–Kier alpha value is -3.09. The lowest BCUT2D eigenvalue weighted by Gasteiger charge is -2.15. The second-order valence-electron chi connectivity index (χ2n) is 5.89. The van der Waals surface area contributed by atoms with Crippen LogP contribution in [0.25, 0.3) is 0 Å². The Morgan fingerprint density at radius 1 is 0.857 bits per heavy atom. The van der Waals surface area contributed by atoms with Crippen molar-refractivity contribution in [2.45, 2.75) is 20.0 Å². The first-order valence-electron chi connectivity index (χ1n) is 9.09. The van der Waals surface area contributed by atoms with Crippen molar-refractivity contribution < 1.29 is 18.9 Å². The molecule has 0 atom stereocenters. The predicted molar refractivity (Wildman–Crippen MR) is 111 cm³/mol. The van der Waals surface area contributed by atoms with E-state index >= 15 is 0 Å². The lowest BCUT2D eigenvalue weighted by Crippen LogP contribution is -2.36. The maximum Gasteiger partial charge on any atom is 0.191 e. The van der Waals surface area contributed by atoms with E-state index in [1.165, 1.54) is 0 Å². The highest BCUT2D eigenvalue weighted by atomic mass is 16.5. The van der Waals surface area contributed by atoms with Gasteiger partial charge in [-0.25, -0.2) is 4.99 Å². The number of benzene rings is 2. The summed E-state index contributed by atoms with van der Waals surface area (Å²) in [4.78, 5) is 4.65. The molecular weight excluding hydrogens is 358 g/mol. The summed E-state index contributed by atoms with van der Waals surface area (Å²) in [6.45, 7) is 3.84. The molecule has 2 aromatic rings. The predicted octanol–water partition coefficient (Wildman–Crippen LogP) is 2.98. The van der Waals surface area contributed by atoms with Crippen molar-refractivity contribution in [2.75, 3.05) is 35.0 Å². The number of guanidine groups is 1. The smallest absolute Gasteiger partial charge is 0.191 e. The SMILES string of the molecule is CCNC(=NCc1ccc(OC)c(OC)c1)NCc1cccc(OC)c1OC. The molecule has 0 heterocycles. The Morgan fingerprint density at radius 2 is 1.61 bits per heavy atom. The molecule has 0 saturated heterocycles. The van der Waals surface area contributed by atoms with Crippen LogP contribution in [0.4, 0.5) is 0 Å². The highest BCUT2D eigenvalue weighted by molar-refractivity contribution is 5.79. The molecule has 0 fully saturated rings. The third-order valence-electron chi connectivity index (χ3n) is 4.14. The van der Waals surface area contributed by atoms with Gasteiger partial charge in [-0.2, -0.15) is 0 Å². The molecule has 0 amide bonds. The van der Waals surface area contributed by atoms with E-state index in [1.54, 1.807) is 28.4 Å². The summed E-state index contributed by atoms with van der Waals surface area (Å²) in [5.41, 5.74) is 2.01. The van der Waals surface area contributed by atoms with Crippen molar-refractivity contribution >= 4 is 5.96 Å². The van der Waals surface area contributed by atoms with Gasteiger partial charge in [-0.3, -0.25) is 0 Å². The number of hydrogen-bond donors (Lipinski definition) is 2. The van der Waals surface area contributed by atoms with E-state index in [4.69, 9.17) is 18.9 Å². The van der Waals surface area contributed by atoms with Crippen molar-refractivity contribution in [3.63, 3.8) is 0 Å². The average molecular weight is 387 g/mol. The van der Waals surface area contributed by atoms with Gasteiger partial charge in [0.2, 0.25) is 0 Å². The van der Waals surface area contributed by atoms with Gasteiger partial charge < -0.3 is 29.6 Å². The first kappa shape index (κ1) is 21.2. The minimum absolute atomic E-state index is 0.505. The summed E-state index contributed by atoms with van der Waals surface area (Å²) in [5, 5.41) is 6.58. The molecule has 0 spiro atoms. The minimum atomic E-state index is 0.505. The van der Waals surface area contributed by atoms with Gasteiger partial charge >= 0.3 is 0 Å². The molecule has 2 rings (SSSR count). The maximum atomic E-state index is 5.49. The summed E-state index contributed by atoms with van der Waals surface area (Å²) < 4.78 is 21.5. The number of nitrogens with one attached hydrogen (secondary N) is 2. The van der Waals surface area contributed by atoms with Gasteiger partial charge in [0.05, 0.1) is 35.0 Å². The van der Waals surface area contributed by atoms with Crippen molar-refractivity contribution in [1.29, 1.82) is 0 Å². The van der Waals surface area contributed by atoms with E-state index in [0.29, 0.717) is 42.0 Å². The number of hydrogen-bond acceptors (Lipinski definition) is 5. The Labute approximate surface area is 166 Å². The van der Waals surface area contributed by atoms with Crippen molar-refractivity contribution in [2.24, 2.45) is 4.99 Å². The van der Waals surface area contributed by atoms with Crippen LogP contribution in [0.15, 0.2) is 41.4 Å². The molecule has 0 unspecified atom stereocenters. The van der Waals surface area contributed by atoms with E-state index in [2.05, 4.69) is 15.6 Å². The molecule has 0 radical (unpaired) electrons. The first-order valence-corrected chi connectivity index (χ1v) is 9.09. The van der Waals surface area contributed by atoms with Crippen LogP contribution < -0.4 is 29.6 Å². The van der Waals surface area contributed by atoms with Crippen LogP contribution in [0.2, 0.25) is 0 Å². The number of methoxy groups -OCH3 is 4. The zero-order chi connectivity index (χ0) is 20.4. The molecule has 28 heavy (non-hydrogen) atoms. The third kappa shape index (κ3) is 5.45. The normalized spacial score (nSPS) is 11.0. The molecule has 2 aromatic carbocycles. The maximum absolute atomic E-state index is 5.49. The van der Waals surface area contributed by atoms with Gasteiger partial charge in [-0.15, -0.1) is 0 Å². The molecule has 0 aliphatic rings. The highest BCUT2D eigenvalue weighted by Crippen LogP contribution is 2.30. The average Bonchev–Trinajstić information content (AvgIpc) is 2.74. The van der Waals surface area contributed by atoms with Gasteiger partial charge in [-0.05, 0) is 30.7 Å². The Kier molecular flexibility index (Phi) is 8.27. The van der Waals surface area contributed by atoms with E-state index in [1.807, 2.05) is 43.3 Å². The van der Waals surface area contributed by atoms with Crippen molar-refractivity contribution in [3.8, 4) is 23.0 Å².